The molecule has 1 aromatic heterocycles. The first-order valence-corrected chi connectivity index (χ1v) is 11.2. The van der Waals surface area contributed by atoms with E-state index in [-0.39, 0.29) is 29.9 Å². The van der Waals surface area contributed by atoms with E-state index in [0.29, 0.717) is 24.9 Å². The second-order valence-electron chi connectivity index (χ2n) is 8.67. The normalized spacial score (nSPS) is 25.1. The zero-order chi connectivity index (χ0) is 22.1. The van der Waals surface area contributed by atoms with E-state index in [1.165, 1.54) is 5.56 Å². The molecule has 8 nitrogen and oxygen atoms in total. The van der Waals surface area contributed by atoms with Gasteiger partial charge < -0.3 is 20.1 Å². The molecule has 1 saturated carbocycles. The number of aliphatic hydroxyl groups excluding tert-OH is 1. The van der Waals surface area contributed by atoms with Crippen molar-refractivity contribution in [1.82, 2.24) is 15.2 Å². The minimum Gasteiger partial charge on any atom is -0.489 e. The van der Waals surface area contributed by atoms with Gasteiger partial charge in [-0.05, 0) is 67.1 Å². The highest BCUT2D eigenvalue weighted by molar-refractivity contribution is 6.01. The summed E-state index contributed by atoms with van der Waals surface area (Å²) in [7, 11) is 0. The van der Waals surface area contributed by atoms with Crippen molar-refractivity contribution in [1.29, 1.82) is 0 Å². The number of amides is 2. The Labute approximate surface area is 186 Å². The molecule has 3 aliphatic rings. The van der Waals surface area contributed by atoms with Gasteiger partial charge in [0.2, 0.25) is 0 Å². The van der Waals surface area contributed by atoms with Gasteiger partial charge in [0.1, 0.15) is 11.9 Å². The average molecular weight is 436 g/mol. The molecule has 3 atom stereocenters. The highest BCUT2D eigenvalue weighted by Gasteiger charge is 2.41. The lowest BCUT2D eigenvalue weighted by Gasteiger charge is -2.24. The van der Waals surface area contributed by atoms with E-state index in [0.717, 1.165) is 37.1 Å². The summed E-state index contributed by atoms with van der Waals surface area (Å²) in [5.41, 5.74) is 2.71. The number of hydrogen-bond acceptors (Lipinski definition) is 5. The number of pyridine rings is 1. The summed E-state index contributed by atoms with van der Waals surface area (Å²) in [6.07, 6.45) is 7.55. The zero-order valence-electron chi connectivity index (χ0n) is 17.8. The Bertz CT molecular complexity index is 1060. The van der Waals surface area contributed by atoms with Crippen LogP contribution in [0.15, 0.2) is 42.7 Å². The fraction of sp³-hybridized carbons (Fsp3) is 0.417. The van der Waals surface area contributed by atoms with Crippen LogP contribution < -0.4 is 15.0 Å². The SMILES string of the molecule is O=C1CCC(N2Cc3cc(O[C@H]4CCC[C@@H]4NCc4ccncc4)ccc3C2=O)C(O)=[NH+]1. The number of carbonyl (C=O) groups excluding carboxylic acids is 2. The summed E-state index contributed by atoms with van der Waals surface area (Å²) in [5.74, 6) is 0.262. The fourth-order valence-electron chi connectivity index (χ4n) is 4.87. The van der Waals surface area contributed by atoms with Crippen LogP contribution >= 0.6 is 0 Å². The molecule has 1 unspecified atom stereocenters. The van der Waals surface area contributed by atoms with Crippen molar-refractivity contribution in [3.8, 4) is 5.75 Å². The summed E-state index contributed by atoms with van der Waals surface area (Å²) in [6, 6.07) is 9.39. The first kappa shape index (κ1) is 20.6. The Morgan fingerprint density at radius 1 is 1.16 bits per heavy atom. The Hall–Kier alpha value is -3.26. The largest absolute Gasteiger partial charge is 0.489 e. The number of carbonyl (C=O) groups is 2. The number of aromatic nitrogens is 1. The van der Waals surface area contributed by atoms with Crippen LogP contribution in [0.3, 0.4) is 0 Å². The lowest BCUT2D eigenvalue weighted by atomic mass is 10.1. The molecular formula is C24H27N4O4+. The molecule has 1 fully saturated rings. The molecule has 0 spiro atoms. The number of hydrogen-bond donors (Lipinski definition) is 3. The predicted octanol–water partition coefficient (Wildman–Crippen LogP) is 0.853. The van der Waals surface area contributed by atoms with Gasteiger partial charge in [-0.1, -0.05) is 0 Å². The van der Waals surface area contributed by atoms with Gasteiger partial charge in [0.05, 0.1) is 6.42 Å². The molecule has 32 heavy (non-hydrogen) atoms. The quantitative estimate of drug-likeness (QED) is 0.621. The van der Waals surface area contributed by atoms with Gasteiger partial charge in [-0.3, -0.25) is 9.78 Å². The monoisotopic (exact) mass is 435 g/mol. The third kappa shape index (κ3) is 4.10. The molecule has 3 N–H and O–H groups in total. The van der Waals surface area contributed by atoms with Crippen LogP contribution in [0.25, 0.3) is 0 Å². The van der Waals surface area contributed by atoms with Crippen LogP contribution in [0.2, 0.25) is 0 Å². The second kappa shape index (κ2) is 8.70. The highest BCUT2D eigenvalue weighted by atomic mass is 16.5. The van der Waals surface area contributed by atoms with Crippen molar-refractivity contribution < 1.29 is 24.4 Å². The molecule has 0 saturated heterocycles. The van der Waals surface area contributed by atoms with Crippen LogP contribution in [0.5, 0.6) is 5.75 Å². The van der Waals surface area contributed by atoms with E-state index in [1.807, 2.05) is 24.3 Å². The van der Waals surface area contributed by atoms with Crippen LogP contribution in [-0.2, 0) is 17.9 Å². The molecule has 1 aromatic carbocycles. The van der Waals surface area contributed by atoms with Crippen molar-refractivity contribution in [2.75, 3.05) is 0 Å². The van der Waals surface area contributed by atoms with E-state index in [2.05, 4.69) is 15.3 Å². The number of benzene rings is 1. The lowest BCUT2D eigenvalue weighted by molar-refractivity contribution is -0.394. The summed E-state index contributed by atoms with van der Waals surface area (Å²) in [4.78, 5) is 32.5. The van der Waals surface area contributed by atoms with Crippen molar-refractivity contribution in [3.05, 3.63) is 59.4 Å². The number of fused-ring (bicyclic) bond motifs is 1. The molecule has 3 heterocycles. The maximum absolute atomic E-state index is 12.9. The third-order valence-electron chi connectivity index (χ3n) is 6.57. The summed E-state index contributed by atoms with van der Waals surface area (Å²) < 4.78 is 6.34. The van der Waals surface area contributed by atoms with Crippen molar-refractivity contribution in [2.45, 2.75) is 63.4 Å². The van der Waals surface area contributed by atoms with Gasteiger partial charge in [-0.25, -0.2) is 4.79 Å². The van der Waals surface area contributed by atoms with Crippen LogP contribution in [0, 0.1) is 0 Å². The molecule has 8 heteroatoms. The second-order valence-corrected chi connectivity index (χ2v) is 8.67. The number of aliphatic hydroxyl groups is 1. The van der Waals surface area contributed by atoms with E-state index in [4.69, 9.17) is 4.74 Å². The Morgan fingerprint density at radius 3 is 2.81 bits per heavy atom. The van der Waals surface area contributed by atoms with Gasteiger partial charge in [0.15, 0.2) is 6.04 Å². The van der Waals surface area contributed by atoms with Crippen LogP contribution in [0.4, 0.5) is 0 Å². The molecule has 5 rings (SSSR count). The topological polar surface area (TPSA) is 106 Å². The lowest BCUT2D eigenvalue weighted by Crippen LogP contribution is -2.82. The molecule has 2 amide bonds. The Morgan fingerprint density at radius 2 is 2.00 bits per heavy atom. The first-order valence-electron chi connectivity index (χ1n) is 11.2. The summed E-state index contributed by atoms with van der Waals surface area (Å²) in [5, 5.41) is 13.8. The fourth-order valence-corrected chi connectivity index (χ4v) is 4.87. The van der Waals surface area contributed by atoms with Gasteiger partial charge in [-0.15, -0.1) is 4.99 Å². The number of ether oxygens (including phenoxy) is 1. The Kier molecular flexibility index (Phi) is 5.61. The first-order chi connectivity index (χ1) is 15.6. The minimum atomic E-state index is -0.492. The highest BCUT2D eigenvalue weighted by Crippen LogP contribution is 2.31. The standard InChI is InChI=1S/C24H26N4O4/c29-22-7-6-20(23(30)27-22)28-14-16-12-17(4-5-18(16)24(28)31)32-21-3-1-2-19(21)26-13-15-8-10-25-11-9-15/h4-5,8-12,19-21,26H,1-3,6-7,13-14H2,(H,27,29,30)/p+1/t19-,20?,21-/m0/s1. The van der Waals surface area contributed by atoms with E-state index in [1.54, 1.807) is 23.4 Å². The molecule has 2 aromatic rings. The minimum absolute atomic E-state index is 0.0778. The van der Waals surface area contributed by atoms with Crippen molar-refractivity contribution >= 4 is 17.7 Å². The van der Waals surface area contributed by atoms with Crippen LogP contribution in [-0.4, -0.2) is 50.9 Å². The van der Waals surface area contributed by atoms with E-state index >= 15 is 0 Å². The average Bonchev–Trinajstić information content (AvgIpc) is 3.37. The molecule has 1 aliphatic carbocycles. The molecular weight excluding hydrogens is 408 g/mol. The third-order valence-corrected chi connectivity index (χ3v) is 6.57. The maximum Gasteiger partial charge on any atom is 0.388 e. The van der Waals surface area contributed by atoms with Crippen LogP contribution in [0.1, 0.15) is 53.6 Å². The van der Waals surface area contributed by atoms with Gasteiger partial charge >= 0.3 is 11.8 Å². The molecule has 0 radical (unpaired) electrons. The smallest absolute Gasteiger partial charge is 0.388 e. The van der Waals surface area contributed by atoms with Crippen molar-refractivity contribution in [2.24, 2.45) is 0 Å². The Balaban J connectivity index is 1.25. The van der Waals surface area contributed by atoms with Gasteiger partial charge in [0.25, 0.3) is 5.91 Å². The molecule has 0 bridgehead atoms. The number of nitrogens with zero attached hydrogens (tertiary/aromatic N) is 2. The summed E-state index contributed by atoms with van der Waals surface area (Å²) >= 11 is 0. The summed E-state index contributed by atoms with van der Waals surface area (Å²) in [6.45, 7) is 1.17. The van der Waals surface area contributed by atoms with Gasteiger partial charge in [0, 0.05) is 37.1 Å². The number of nitrogens with one attached hydrogen (secondary N) is 2. The molecule has 166 valence electrons. The van der Waals surface area contributed by atoms with Gasteiger partial charge in [-0.2, -0.15) is 0 Å². The van der Waals surface area contributed by atoms with E-state index < -0.39 is 6.04 Å². The van der Waals surface area contributed by atoms with E-state index in [9.17, 15) is 14.7 Å². The predicted molar refractivity (Wildman–Crippen MR) is 116 cm³/mol. The number of rotatable bonds is 6. The zero-order valence-corrected chi connectivity index (χ0v) is 17.8. The molecule has 2 aliphatic heterocycles. The van der Waals surface area contributed by atoms with Crippen molar-refractivity contribution in [3.63, 3.8) is 0 Å². The maximum atomic E-state index is 12.9.